The molecule has 0 aliphatic carbocycles. The lowest BCUT2D eigenvalue weighted by atomic mass is 9.89. The van der Waals surface area contributed by atoms with Crippen molar-refractivity contribution in [2.45, 2.75) is 31.7 Å². The van der Waals surface area contributed by atoms with Gasteiger partial charge in [-0.25, -0.2) is 0 Å². The second kappa shape index (κ2) is 6.14. The Balaban J connectivity index is 1.68. The normalized spacial score (nSPS) is 26.8. The number of nitrogens with zero attached hydrogens (tertiary/aromatic N) is 1. The van der Waals surface area contributed by atoms with E-state index >= 15 is 0 Å². The molecule has 20 heavy (non-hydrogen) atoms. The van der Waals surface area contributed by atoms with Crippen molar-refractivity contribution in [3.05, 3.63) is 16.3 Å². The van der Waals surface area contributed by atoms with E-state index in [0.717, 1.165) is 30.9 Å². The average molecular weight is 294 g/mol. The fourth-order valence-electron chi connectivity index (χ4n) is 3.39. The molecule has 0 radical (unpaired) electrons. The number of hydrogen-bond donors (Lipinski definition) is 1. The molecule has 2 aliphatic heterocycles. The molecule has 1 aromatic rings. The van der Waals surface area contributed by atoms with Crippen LogP contribution < -0.4 is 10.1 Å². The van der Waals surface area contributed by atoms with Gasteiger partial charge >= 0.3 is 0 Å². The Morgan fingerprint density at radius 3 is 3.10 bits per heavy atom. The van der Waals surface area contributed by atoms with Gasteiger partial charge in [0.2, 0.25) is 0 Å². The maximum atomic E-state index is 12.6. The van der Waals surface area contributed by atoms with Crippen LogP contribution in [0.5, 0.6) is 5.75 Å². The molecule has 0 aromatic carbocycles. The zero-order chi connectivity index (χ0) is 13.9. The Labute approximate surface area is 124 Å². The van der Waals surface area contributed by atoms with E-state index in [9.17, 15) is 4.79 Å². The largest absolute Gasteiger partial charge is 0.495 e. The number of methoxy groups -OCH3 is 1. The first-order valence-electron chi connectivity index (χ1n) is 7.43. The second-order valence-electron chi connectivity index (χ2n) is 5.67. The third-order valence-corrected chi connectivity index (χ3v) is 5.34. The molecule has 3 heterocycles. The van der Waals surface area contributed by atoms with Crippen LogP contribution in [-0.4, -0.2) is 43.6 Å². The summed E-state index contributed by atoms with van der Waals surface area (Å²) in [6.07, 6.45) is 4.88. The molecule has 4 nitrogen and oxygen atoms in total. The fraction of sp³-hybridized carbons (Fsp3) is 0.667. The summed E-state index contributed by atoms with van der Waals surface area (Å²) in [5.74, 6) is 1.46. The molecule has 110 valence electrons. The predicted molar refractivity (Wildman–Crippen MR) is 80.5 cm³/mol. The van der Waals surface area contributed by atoms with Crippen LogP contribution in [0.3, 0.4) is 0 Å². The number of piperidine rings is 1. The van der Waals surface area contributed by atoms with Crippen LogP contribution in [0.2, 0.25) is 0 Å². The van der Waals surface area contributed by atoms with Crippen molar-refractivity contribution >= 4 is 17.2 Å². The number of carbonyl (C=O) groups excluding carboxylic acids is 1. The number of thiophene rings is 1. The van der Waals surface area contributed by atoms with Crippen molar-refractivity contribution in [3.63, 3.8) is 0 Å². The summed E-state index contributed by atoms with van der Waals surface area (Å²) in [5.41, 5.74) is 0. The molecule has 5 heteroatoms. The van der Waals surface area contributed by atoms with Crippen LogP contribution in [0.4, 0.5) is 0 Å². The summed E-state index contributed by atoms with van der Waals surface area (Å²) in [6, 6.07) is 2.48. The van der Waals surface area contributed by atoms with Gasteiger partial charge in [0.25, 0.3) is 5.91 Å². The summed E-state index contributed by atoms with van der Waals surface area (Å²) >= 11 is 1.48. The van der Waals surface area contributed by atoms with E-state index < -0.39 is 0 Å². The standard InChI is InChI=1S/C15H22N2O2S/c1-19-13-6-9-20-14(13)15(18)17-8-3-4-11(10-17)12-5-2-7-16-12/h6,9,11-12,16H,2-5,7-8,10H2,1H3. The van der Waals surface area contributed by atoms with E-state index in [0.29, 0.717) is 17.7 Å². The Morgan fingerprint density at radius 2 is 2.35 bits per heavy atom. The van der Waals surface area contributed by atoms with Crippen molar-refractivity contribution in [3.8, 4) is 5.75 Å². The summed E-state index contributed by atoms with van der Waals surface area (Å²) in [6.45, 7) is 2.90. The molecule has 2 aliphatic rings. The molecule has 2 unspecified atom stereocenters. The van der Waals surface area contributed by atoms with Gasteiger partial charge in [0.1, 0.15) is 10.6 Å². The third-order valence-electron chi connectivity index (χ3n) is 4.46. The van der Waals surface area contributed by atoms with Crippen LogP contribution in [0.15, 0.2) is 11.4 Å². The van der Waals surface area contributed by atoms with E-state index in [1.54, 1.807) is 7.11 Å². The molecule has 1 aromatic heterocycles. The van der Waals surface area contributed by atoms with Crippen LogP contribution in [0.1, 0.15) is 35.4 Å². The van der Waals surface area contributed by atoms with Crippen LogP contribution in [0.25, 0.3) is 0 Å². The van der Waals surface area contributed by atoms with Crippen molar-refractivity contribution in [1.29, 1.82) is 0 Å². The number of likely N-dealkylation sites (tertiary alicyclic amines) is 1. The zero-order valence-electron chi connectivity index (χ0n) is 11.9. The van der Waals surface area contributed by atoms with Gasteiger partial charge in [0, 0.05) is 19.1 Å². The molecular formula is C15H22N2O2S. The molecule has 3 rings (SSSR count). The van der Waals surface area contributed by atoms with Gasteiger partial charge < -0.3 is 15.0 Å². The smallest absolute Gasteiger partial charge is 0.267 e. The lowest BCUT2D eigenvalue weighted by molar-refractivity contribution is 0.0653. The van der Waals surface area contributed by atoms with Gasteiger partial charge in [-0.2, -0.15) is 0 Å². The third kappa shape index (κ3) is 2.69. The topological polar surface area (TPSA) is 41.6 Å². The summed E-state index contributed by atoms with van der Waals surface area (Å²) in [7, 11) is 1.63. The first-order chi connectivity index (χ1) is 9.79. The lowest BCUT2D eigenvalue weighted by Crippen LogP contribution is -2.45. The average Bonchev–Trinajstić information content (AvgIpc) is 3.17. The first kappa shape index (κ1) is 13.9. The number of carbonyl (C=O) groups is 1. The Kier molecular flexibility index (Phi) is 4.27. The van der Waals surface area contributed by atoms with Gasteiger partial charge in [-0.15, -0.1) is 11.3 Å². The highest BCUT2D eigenvalue weighted by Gasteiger charge is 2.32. The second-order valence-corrected chi connectivity index (χ2v) is 6.59. The lowest BCUT2D eigenvalue weighted by Gasteiger charge is -2.35. The number of nitrogens with one attached hydrogen (secondary N) is 1. The first-order valence-corrected chi connectivity index (χ1v) is 8.31. The minimum absolute atomic E-state index is 0.138. The molecule has 0 spiro atoms. The maximum absolute atomic E-state index is 12.6. The SMILES string of the molecule is COc1ccsc1C(=O)N1CCCC(C2CCCN2)C1. The number of ether oxygens (including phenoxy) is 1. The number of amides is 1. The highest BCUT2D eigenvalue weighted by molar-refractivity contribution is 7.12. The van der Waals surface area contributed by atoms with Crippen molar-refractivity contribution in [2.24, 2.45) is 5.92 Å². The van der Waals surface area contributed by atoms with Gasteiger partial charge in [0.05, 0.1) is 7.11 Å². The number of rotatable bonds is 3. The Morgan fingerprint density at radius 1 is 1.45 bits per heavy atom. The molecule has 0 saturated carbocycles. The molecule has 2 saturated heterocycles. The monoisotopic (exact) mass is 294 g/mol. The van der Waals surface area contributed by atoms with Crippen molar-refractivity contribution in [1.82, 2.24) is 10.2 Å². The molecular weight excluding hydrogens is 272 g/mol. The van der Waals surface area contributed by atoms with Gasteiger partial charge in [-0.05, 0) is 49.6 Å². The van der Waals surface area contributed by atoms with E-state index in [-0.39, 0.29) is 5.91 Å². The van der Waals surface area contributed by atoms with Crippen LogP contribution >= 0.6 is 11.3 Å². The molecule has 2 fully saturated rings. The van der Waals surface area contributed by atoms with Crippen LogP contribution in [-0.2, 0) is 0 Å². The van der Waals surface area contributed by atoms with Gasteiger partial charge in [-0.3, -0.25) is 4.79 Å². The van der Waals surface area contributed by atoms with E-state index in [1.807, 2.05) is 16.3 Å². The maximum Gasteiger partial charge on any atom is 0.267 e. The minimum atomic E-state index is 0.138. The summed E-state index contributed by atoms with van der Waals surface area (Å²) < 4.78 is 5.27. The highest BCUT2D eigenvalue weighted by Crippen LogP contribution is 2.30. The summed E-state index contributed by atoms with van der Waals surface area (Å²) in [4.78, 5) is 15.4. The van der Waals surface area contributed by atoms with Gasteiger partial charge in [0.15, 0.2) is 0 Å². The van der Waals surface area contributed by atoms with Crippen molar-refractivity contribution in [2.75, 3.05) is 26.7 Å². The molecule has 2 atom stereocenters. The number of hydrogen-bond acceptors (Lipinski definition) is 4. The minimum Gasteiger partial charge on any atom is -0.495 e. The van der Waals surface area contributed by atoms with Gasteiger partial charge in [-0.1, -0.05) is 0 Å². The highest BCUT2D eigenvalue weighted by atomic mass is 32.1. The zero-order valence-corrected chi connectivity index (χ0v) is 12.7. The predicted octanol–water partition coefficient (Wildman–Crippen LogP) is 2.36. The van der Waals surface area contributed by atoms with E-state index in [1.165, 1.54) is 30.6 Å². The Bertz CT molecular complexity index is 468. The molecule has 1 amide bonds. The van der Waals surface area contributed by atoms with E-state index in [4.69, 9.17) is 4.74 Å². The molecule has 0 bridgehead atoms. The Hall–Kier alpha value is -1.07. The summed E-state index contributed by atoms with van der Waals surface area (Å²) in [5, 5.41) is 5.51. The van der Waals surface area contributed by atoms with Crippen LogP contribution in [0, 0.1) is 5.92 Å². The quantitative estimate of drug-likeness (QED) is 0.930. The van der Waals surface area contributed by atoms with E-state index in [2.05, 4.69) is 5.32 Å². The van der Waals surface area contributed by atoms with Crippen molar-refractivity contribution < 1.29 is 9.53 Å². The molecule has 1 N–H and O–H groups in total. The fourth-order valence-corrected chi connectivity index (χ4v) is 4.22.